The third kappa shape index (κ3) is 0.937. The third-order valence-corrected chi connectivity index (χ3v) is 1.05. The summed E-state index contributed by atoms with van der Waals surface area (Å²) in [4.78, 5) is 3.59. The molecule has 0 amide bonds. The molecule has 0 radical (unpaired) electrons. The Labute approximate surface area is 53.2 Å². The summed E-state index contributed by atoms with van der Waals surface area (Å²) in [5, 5.41) is 0. The van der Waals surface area contributed by atoms with Crippen molar-refractivity contribution in [2.75, 3.05) is 5.73 Å². The van der Waals surface area contributed by atoms with Crippen molar-refractivity contribution in [1.82, 2.24) is 0 Å². The molecule has 0 aliphatic heterocycles. The predicted molar refractivity (Wildman–Crippen MR) is 37.1 cm³/mol. The smallest absolute Gasteiger partial charge is 0.223 e. The summed E-state index contributed by atoms with van der Waals surface area (Å²) in [6, 6.07) is 1.71. The van der Waals surface area contributed by atoms with Crippen LogP contribution >= 0.6 is 0 Å². The van der Waals surface area contributed by atoms with E-state index in [0.717, 1.165) is 5.56 Å². The van der Waals surface area contributed by atoms with E-state index < -0.39 is 0 Å². The van der Waals surface area contributed by atoms with Gasteiger partial charge in [-0.2, -0.15) is 0 Å². The molecule has 0 aliphatic carbocycles. The maximum Gasteiger partial charge on any atom is 0.223 e. The summed E-state index contributed by atoms with van der Waals surface area (Å²) >= 11 is 0. The fourth-order valence-corrected chi connectivity index (χ4v) is 0.654. The first-order valence-electron chi connectivity index (χ1n) is 2.56. The molecule has 0 aromatic carbocycles. The summed E-state index contributed by atoms with van der Waals surface area (Å²) in [6.07, 6.45) is 0. The molecule has 0 aliphatic rings. The van der Waals surface area contributed by atoms with Gasteiger partial charge >= 0.3 is 0 Å². The third-order valence-electron chi connectivity index (χ3n) is 1.05. The van der Waals surface area contributed by atoms with Gasteiger partial charge in [-0.05, 0) is 13.6 Å². The first-order chi connectivity index (χ1) is 4.24. The largest absolute Gasteiger partial charge is 0.423 e. The molecule has 0 atom stereocenters. The minimum absolute atomic E-state index is 0.384. The van der Waals surface area contributed by atoms with Crippen molar-refractivity contribution in [3.63, 3.8) is 0 Å². The van der Waals surface area contributed by atoms with Crippen LogP contribution in [0.2, 0.25) is 0 Å². The highest BCUT2D eigenvalue weighted by atomic mass is 16.4. The number of hydrogen-bond donors (Lipinski definition) is 1. The second kappa shape index (κ2) is 1.93. The van der Waals surface area contributed by atoms with Crippen LogP contribution in [0.25, 0.3) is 0 Å². The normalized spacial score (nSPS) is 9.44. The Morgan fingerprint density at radius 1 is 1.78 bits per heavy atom. The van der Waals surface area contributed by atoms with E-state index >= 15 is 0 Å². The van der Waals surface area contributed by atoms with Gasteiger partial charge in [-0.3, -0.25) is 0 Å². The zero-order valence-electron chi connectivity index (χ0n) is 5.22. The van der Waals surface area contributed by atoms with E-state index in [1.54, 1.807) is 6.07 Å². The summed E-state index contributed by atoms with van der Waals surface area (Å²) in [5.41, 5.74) is 6.22. The van der Waals surface area contributed by atoms with Crippen molar-refractivity contribution < 1.29 is 4.42 Å². The molecule has 3 nitrogen and oxygen atoms in total. The summed E-state index contributed by atoms with van der Waals surface area (Å²) in [6.45, 7) is 5.17. The van der Waals surface area contributed by atoms with Gasteiger partial charge in [-0.1, -0.05) is 0 Å². The van der Waals surface area contributed by atoms with Crippen molar-refractivity contribution in [3.05, 3.63) is 11.6 Å². The molecule has 9 heavy (non-hydrogen) atoms. The molecule has 48 valence electrons. The van der Waals surface area contributed by atoms with Crippen LogP contribution in [0.15, 0.2) is 15.5 Å². The molecule has 0 unspecified atom stereocenters. The first-order valence-corrected chi connectivity index (χ1v) is 2.56. The number of aryl methyl sites for hydroxylation is 1. The first kappa shape index (κ1) is 5.88. The van der Waals surface area contributed by atoms with Gasteiger partial charge in [0.05, 0.1) is 0 Å². The molecule has 2 N–H and O–H groups in total. The van der Waals surface area contributed by atoms with Crippen LogP contribution in [0.3, 0.4) is 0 Å². The minimum atomic E-state index is 0.384. The average molecular weight is 124 g/mol. The molecule has 1 aromatic heterocycles. The highest BCUT2D eigenvalue weighted by Crippen LogP contribution is 2.23. The van der Waals surface area contributed by atoms with Crippen LogP contribution in [0, 0.1) is 6.92 Å². The maximum atomic E-state index is 5.30. The number of furan rings is 1. The lowest BCUT2D eigenvalue weighted by molar-refractivity contribution is 0.597. The fourth-order valence-electron chi connectivity index (χ4n) is 0.654. The van der Waals surface area contributed by atoms with Gasteiger partial charge in [-0.15, -0.1) is 0 Å². The highest BCUT2D eigenvalue weighted by molar-refractivity contribution is 5.48. The lowest BCUT2D eigenvalue weighted by atomic mass is 10.4. The zero-order chi connectivity index (χ0) is 6.85. The number of rotatable bonds is 1. The van der Waals surface area contributed by atoms with E-state index in [1.807, 2.05) is 6.92 Å². The molecular weight excluding hydrogens is 116 g/mol. The molecule has 0 fully saturated rings. The van der Waals surface area contributed by atoms with Gasteiger partial charge in [0.2, 0.25) is 5.88 Å². The van der Waals surface area contributed by atoms with Gasteiger partial charge in [-0.25, -0.2) is 4.99 Å². The second-order valence-electron chi connectivity index (χ2n) is 1.80. The van der Waals surface area contributed by atoms with Crippen LogP contribution in [0.1, 0.15) is 5.56 Å². The Morgan fingerprint density at radius 3 is 2.67 bits per heavy atom. The summed E-state index contributed by atoms with van der Waals surface area (Å²) in [5.74, 6) is 0.891. The monoisotopic (exact) mass is 124 g/mol. The standard InChI is InChI=1S/C6H8N2O/c1-4-3-5(7)9-6(4)8-2/h3H,2,7H2,1H3. The van der Waals surface area contributed by atoms with Gasteiger partial charge in [0.1, 0.15) is 0 Å². The van der Waals surface area contributed by atoms with Gasteiger partial charge < -0.3 is 10.2 Å². The zero-order valence-corrected chi connectivity index (χ0v) is 5.22. The van der Waals surface area contributed by atoms with Crippen LogP contribution < -0.4 is 5.73 Å². The van der Waals surface area contributed by atoms with Crippen molar-refractivity contribution in [2.45, 2.75) is 6.92 Å². The summed E-state index contributed by atoms with van der Waals surface area (Å²) in [7, 11) is 0. The Morgan fingerprint density at radius 2 is 2.44 bits per heavy atom. The lowest BCUT2D eigenvalue weighted by Gasteiger charge is -1.82. The molecule has 1 heterocycles. The summed E-state index contributed by atoms with van der Waals surface area (Å²) < 4.78 is 4.91. The average Bonchev–Trinajstić information content (AvgIpc) is 2.10. The van der Waals surface area contributed by atoms with E-state index in [1.165, 1.54) is 0 Å². The topological polar surface area (TPSA) is 51.5 Å². The molecule has 0 saturated carbocycles. The van der Waals surface area contributed by atoms with Gasteiger partial charge in [0.25, 0.3) is 0 Å². The Hall–Kier alpha value is -1.25. The van der Waals surface area contributed by atoms with Crippen LogP contribution in [0.5, 0.6) is 0 Å². The van der Waals surface area contributed by atoms with Gasteiger partial charge in [0, 0.05) is 11.6 Å². The molecule has 0 spiro atoms. The Balaban J connectivity index is 3.15. The van der Waals surface area contributed by atoms with Crippen molar-refractivity contribution >= 4 is 18.5 Å². The van der Waals surface area contributed by atoms with Crippen molar-refractivity contribution in [3.8, 4) is 0 Å². The van der Waals surface area contributed by atoms with E-state index in [-0.39, 0.29) is 0 Å². The highest BCUT2D eigenvalue weighted by Gasteiger charge is 2.00. The number of anilines is 1. The van der Waals surface area contributed by atoms with Crippen LogP contribution in [0.4, 0.5) is 11.8 Å². The Kier molecular flexibility index (Phi) is 1.26. The van der Waals surface area contributed by atoms with Crippen molar-refractivity contribution in [1.29, 1.82) is 0 Å². The van der Waals surface area contributed by atoms with E-state index in [9.17, 15) is 0 Å². The van der Waals surface area contributed by atoms with Crippen LogP contribution in [-0.2, 0) is 0 Å². The van der Waals surface area contributed by atoms with Crippen molar-refractivity contribution in [2.24, 2.45) is 4.99 Å². The number of nitrogens with two attached hydrogens (primary N) is 1. The Bertz CT molecular complexity index is 227. The van der Waals surface area contributed by atoms with Crippen LogP contribution in [-0.4, -0.2) is 6.72 Å². The second-order valence-corrected chi connectivity index (χ2v) is 1.80. The molecule has 3 heteroatoms. The fraction of sp³-hybridized carbons (Fsp3) is 0.167. The number of nitrogens with zero attached hydrogens (tertiary/aromatic N) is 1. The molecule has 1 rings (SSSR count). The van der Waals surface area contributed by atoms with E-state index in [0.29, 0.717) is 11.8 Å². The lowest BCUT2D eigenvalue weighted by Crippen LogP contribution is -1.75. The SMILES string of the molecule is C=Nc1oc(N)cc1C. The number of aliphatic imine (C=N–C) groups is 1. The molecule has 1 aromatic rings. The molecule has 0 saturated heterocycles. The minimum Gasteiger partial charge on any atom is -0.423 e. The van der Waals surface area contributed by atoms with E-state index in [4.69, 9.17) is 10.2 Å². The number of nitrogen functional groups attached to an aromatic ring is 1. The maximum absolute atomic E-state index is 5.30. The predicted octanol–water partition coefficient (Wildman–Crippen LogP) is 1.50. The van der Waals surface area contributed by atoms with Gasteiger partial charge in [0.15, 0.2) is 5.88 Å². The number of hydrogen-bond acceptors (Lipinski definition) is 3. The van der Waals surface area contributed by atoms with E-state index in [2.05, 4.69) is 11.7 Å². The molecule has 0 bridgehead atoms. The molecular formula is C6H8N2O. The quantitative estimate of drug-likeness (QED) is 0.577.